The van der Waals surface area contributed by atoms with Gasteiger partial charge in [-0.2, -0.15) is 0 Å². The average molecular weight is 1360 g/mol. The van der Waals surface area contributed by atoms with E-state index in [1.165, 1.54) is 92.6 Å². The summed E-state index contributed by atoms with van der Waals surface area (Å²) in [6, 6.07) is -2.80. The van der Waals surface area contributed by atoms with Gasteiger partial charge in [0.2, 0.25) is 65.0 Å². The molecule has 0 aliphatic carbocycles. The van der Waals surface area contributed by atoms with Crippen molar-refractivity contribution in [3.8, 4) is 0 Å². The highest BCUT2D eigenvalue weighted by molar-refractivity contribution is 7.99. The molecule has 1 fully saturated rings. The summed E-state index contributed by atoms with van der Waals surface area (Å²) in [4.78, 5) is 176. The van der Waals surface area contributed by atoms with Crippen molar-refractivity contribution in [3.63, 3.8) is 0 Å². The molecule has 96 heavy (non-hydrogen) atoms. The van der Waals surface area contributed by atoms with Gasteiger partial charge in [0.05, 0.1) is 12.6 Å². The van der Waals surface area contributed by atoms with E-state index in [0.717, 1.165) is 14.7 Å². The Hall–Kier alpha value is -6.82. The number of carbonyl (C=O) groups excluding carboxylic acids is 11. The van der Waals surface area contributed by atoms with Gasteiger partial charge in [0.25, 0.3) is 0 Å². The van der Waals surface area contributed by atoms with Gasteiger partial charge < -0.3 is 60.3 Å². The molecule has 24 heteroatoms. The topological polar surface area (TPSA) is 270 Å². The number of thioether (sulfide) groups is 1. The molecule has 1 aliphatic heterocycles. The van der Waals surface area contributed by atoms with Crippen LogP contribution in [0.1, 0.15) is 156 Å². The number of rotatable bonds is 20. The highest BCUT2D eigenvalue weighted by Gasteiger charge is 2.46. The smallest absolute Gasteiger partial charge is 0.246 e. The third-order valence-electron chi connectivity index (χ3n) is 17.9. The van der Waals surface area contributed by atoms with E-state index in [4.69, 9.17) is 0 Å². The number of allylic oxidation sites excluding steroid dienone is 2. The maximum atomic E-state index is 15.7. The van der Waals surface area contributed by atoms with E-state index >= 15 is 28.8 Å². The largest absolute Gasteiger partial charge is 0.390 e. The normalized spacial score (nSPS) is 25.3. The zero-order chi connectivity index (χ0) is 73.5. The van der Waals surface area contributed by atoms with Crippen LogP contribution in [0.25, 0.3) is 0 Å². The van der Waals surface area contributed by atoms with Gasteiger partial charge in [-0.05, 0) is 113 Å². The van der Waals surface area contributed by atoms with Crippen LogP contribution in [0, 0.1) is 41.4 Å². The van der Waals surface area contributed by atoms with Crippen molar-refractivity contribution >= 4 is 76.7 Å². The van der Waals surface area contributed by atoms with Crippen LogP contribution in [0.5, 0.6) is 0 Å². The second-order valence-electron chi connectivity index (χ2n) is 28.6. The molecule has 1 aliphatic rings. The van der Waals surface area contributed by atoms with Crippen LogP contribution in [-0.2, 0) is 52.7 Å². The maximum Gasteiger partial charge on any atom is 0.246 e. The molecule has 1 aromatic carbocycles. The second-order valence-corrected chi connectivity index (χ2v) is 29.7. The molecule has 0 bridgehead atoms. The molecular formula is C72H121N11O12S. The summed E-state index contributed by atoms with van der Waals surface area (Å²) in [7, 11) is 10.1. The molecule has 0 aromatic heterocycles. The molecule has 1 saturated heterocycles. The Morgan fingerprint density at radius 2 is 0.938 bits per heavy atom. The summed E-state index contributed by atoms with van der Waals surface area (Å²) in [5.74, 6) is -9.24. The molecular weight excluding hydrogens is 1240 g/mol. The first-order valence-electron chi connectivity index (χ1n) is 34.4. The van der Waals surface area contributed by atoms with Crippen molar-refractivity contribution < 1.29 is 57.8 Å². The van der Waals surface area contributed by atoms with Crippen molar-refractivity contribution in [2.75, 3.05) is 68.2 Å². The molecule has 11 amide bonds. The standard InChI is InChI=1S/C72H121N11O12S/c1-25-27-33-49(15)62(85)61-65(88)75-53(26-2)67(90)76(18)42-58(84)77(19)57(41-46(9)10)70(93)83(36-31-32-37-96-52-34-29-28-30-35-52)60(48(13)14)72(95)78(20)54(38-43(3)4)64(87)73-50(16)63(86)74-51(17)66(89)79(21)55(39-44(5)6)68(91)80(22)56(40-45(7)8)69(92)81(23)59(47(11)12)71(94)82(61)24/h25,27-32,34-35,43-51,53-57,59-62,85H,26,33,36-42H2,1-24H3,(H,73,87)(H,74,86)(H,75,88)/b27-25+,32-31+/t49-,50+,51-,53+,54+,55+,56+,57+,59+,60+,61+,62-/m1/s1. The van der Waals surface area contributed by atoms with Gasteiger partial charge in [0.15, 0.2) is 0 Å². The van der Waals surface area contributed by atoms with E-state index in [0.29, 0.717) is 12.2 Å². The fourth-order valence-corrected chi connectivity index (χ4v) is 12.9. The monoisotopic (exact) mass is 1360 g/mol. The molecule has 0 spiro atoms. The minimum atomic E-state index is -1.63. The molecule has 12 atom stereocenters. The van der Waals surface area contributed by atoms with Crippen LogP contribution < -0.4 is 16.0 Å². The number of nitrogens with one attached hydrogen (secondary N) is 3. The van der Waals surface area contributed by atoms with Crippen LogP contribution in [0.15, 0.2) is 59.5 Å². The van der Waals surface area contributed by atoms with Crippen molar-refractivity contribution in [2.45, 2.75) is 228 Å². The summed E-state index contributed by atoms with van der Waals surface area (Å²) in [6.45, 7) is 29.5. The Balaban J connectivity index is 3.09. The Morgan fingerprint density at radius 1 is 0.490 bits per heavy atom. The van der Waals surface area contributed by atoms with Gasteiger partial charge in [-0.1, -0.05) is 139 Å². The number of aliphatic hydroxyl groups is 1. The highest BCUT2D eigenvalue weighted by atomic mass is 32.2. The molecule has 0 unspecified atom stereocenters. The number of aliphatic hydroxyl groups excluding tert-OH is 1. The fourth-order valence-electron chi connectivity index (χ4n) is 12.1. The number of carbonyl (C=O) groups is 11. The Morgan fingerprint density at radius 3 is 1.43 bits per heavy atom. The lowest BCUT2D eigenvalue weighted by Crippen LogP contribution is -2.63. The van der Waals surface area contributed by atoms with E-state index in [2.05, 4.69) is 16.0 Å². The van der Waals surface area contributed by atoms with Gasteiger partial charge >= 0.3 is 0 Å². The minimum absolute atomic E-state index is 0.0114. The Labute approximate surface area is 579 Å². The third kappa shape index (κ3) is 24.3. The fraction of sp³-hybridized carbons (Fsp3) is 0.708. The summed E-state index contributed by atoms with van der Waals surface area (Å²) < 4.78 is 0. The summed E-state index contributed by atoms with van der Waals surface area (Å²) >= 11 is 1.57. The number of hydrogen-bond donors (Lipinski definition) is 4. The summed E-state index contributed by atoms with van der Waals surface area (Å²) in [5.41, 5.74) is 0. The zero-order valence-electron chi connectivity index (χ0n) is 62.4. The minimum Gasteiger partial charge on any atom is -0.390 e. The van der Waals surface area contributed by atoms with Gasteiger partial charge in [-0.25, -0.2) is 0 Å². The van der Waals surface area contributed by atoms with E-state index in [1.807, 2.05) is 97.9 Å². The van der Waals surface area contributed by atoms with Gasteiger partial charge in [-0.3, -0.25) is 52.7 Å². The molecule has 1 heterocycles. The number of likely N-dealkylation sites (N-methyl/N-ethyl adjacent to an activating group) is 7. The number of hydrogen-bond acceptors (Lipinski definition) is 13. The SMILES string of the molecule is C/C=C/C[C@@H](C)[C@@H](O)[C@H]1C(=O)N[C@@H](CC)C(=O)N(C)CC(=O)N(C)[C@@H](CC(C)C)C(=O)N(C/C=C/CSc2ccccc2)[C@@H](C(C)C)C(=O)N(C)[C@@H](CC(C)C)C(=O)N[C@@H](C)C(=O)N[C@H](C)C(=O)N(C)[C@@H](CC(C)C)C(=O)N(C)[C@@H](CC(C)C)C(=O)N(C)[C@@H](C(C)C)C(=O)N1C. The molecule has 2 rings (SSSR count). The number of benzene rings is 1. The number of nitrogens with zero attached hydrogens (tertiary/aromatic N) is 8. The Bertz CT molecular complexity index is 2810. The lowest BCUT2D eigenvalue weighted by molar-refractivity contribution is -0.157. The second kappa shape index (κ2) is 40.2. The quantitative estimate of drug-likeness (QED) is 0.0822. The van der Waals surface area contributed by atoms with Gasteiger partial charge in [0.1, 0.15) is 60.4 Å². The average Bonchev–Trinajstić information content (AvgIpc) is 0.806. The van der Waals surface area contributed by atoms with Crippen LogP contribution in [0.3, 0.4) is 0 Å². The first-order valence-corrected chi connectivity index (χ1v) is 35.4. The van der Waals surface area contributed by atoms with Gasteiger partial charge in [0, 0.05) is 66.5 Å². The first-order chi connectivity index (χ1) is 44.7. The van der Waals surface area contributed by atoms with Crippen molar-refractivity contribution in [1.29, 1.82) is 0 Å². The van der Waals surface area contributed by atoms with Crippen LogP contribution in [0.2, 0.25) is 0 Å². The van der Waals surface area contributed by atoms with Crippen molar-refractivity contribution in [2.24, 2.45) is 41.4 Å². The predicted octanol–water partition coefficient (Wildman–Crippen LogP) is 6.33. The molecule has 542 valence electrons. The molecule has 1 aromatic rings. The molecule has 0 saturated carbocycles. The zero-order valence-corrected chi connectivity index (χ0v) is 63.2. The summed E-state index contributed by atoms with van der Waals surface area (Å²) in [5, 5.41) is 20.5. The summed E-state index contributed by atoms with van der Waals surface area (Å²) in [6.07, 6.45) is 6.66. The molecule has 23 nitrogen and oxygen atoms in total. The lowest BCUT2D eigenvalue weighted by atomic mass is 9.91. The molecule has 4 N–H and O–H groups in total. The van der Waals surface area contributed by atoms with E-state index in [9.17, 15) is 29.1 Å². The van der Waals surface area contributed by atoms with Crippen LogP contribution >= 0.6 is 11.8 Å². The lowest BCUT2D eigenvalue weighted by Gasteiger charge is -2.41. The van der Waals surface area contributed by atoms with Crippen molar-refractivity contribution in [1.82, 2.24) is 55.1 Å². The molecule has 0 radical (unpaired) electrons. The highest BCUT2D eigenvalue weighted by Crippen LogP contribution is 2.27. The van der Waals surface area contributed by atoms with E-state index < -0.39 is 156 Å². The van der Waals surface area contributed by atoms with Crippen LogP contribution in [-0.4, -0.2) is 244 Å². The number of amides is 11. The van der Waals surface area contributed by atoms with E-state index in [1.54, 1.807) is 72.4 Å². The third-order valence-corrected chi connectivity index (χ3v) is 18.9. The van der Waals surface area contributed by atoms with Gasteiger partial charge in [-0.15, -0.1) is 11.8 Å². The van der Waals surface area contributed by atoms with E-state index in [-0.39, 0.29) is 62.3 Å². The first kappa shape index (κ1) is 85.3. The van der Waals surface area contributed by atoms with Crippen LogP contribution in [0.4, 0.5) is 0 Å². The van der Waals surface area contributed by atoms with Crippen molar-refractivity contribution in [3.05, 3.63) is 54.6 Å². The Kier molecular flexibility index (Phi) is 35.7. The predicted molar refractivity (Wildman–Crippen MR) is 378 cm³/mol. The maximum absolute atomic E-state index is 15.7.